The van der Waals surface area contributed by atoms with Crippen molar-refractivity contribution < 1.29 is 23.6 Å². The molecule has 0 radical (unpaired) electrons. The maximum atomic E-state index is 6.95. The molecule has 0 bridgehead atoms. The molecule has 0 unspecified atom stereocenters. The minimum absolute atomic E-state index is 0. The minimum Gasteiger partial charge on any atom is -0.596 e. The monoisotopic (exact) mass is 179 g/mol. The summed E-state index contributed by atoms with van der Waals surface area (Å²) >= 11 is 0. The van der Waals surface area contributed by atoms with Gasteiger partial charge < -0.3 is 4.74 Å². The molecule has 66 valence electrons. The van der Waals surface area contributed by atoms with E-state index in [0.29, 0.717) is 5.69 Å². The van der Waals surface area contributed by atoms with Crippen LogP contribution in [-0.4, -0.2) is 7.11 Å². The maximum absolute atomic E-state index is 6.95. The molecule has 0 fully saturated rings. The van der Waals surface area contributed by atoms with E-state index in [1.807, 2.05) is 25.1 Å². The van der Waals surface area contributed by atoms with E-state index in [9.17, 15) is 0 Å². The zero-order valence-electron chi connectivity index (χ0n) is 8.66. The van der Waals surface area contributed by atoms with Crippen molar-refractivity contribution in [3.63, 3.8) is 0 Å². The molecule has 1 rings (SSSR count). The van der Waals surface area contributed by atoms with Crippen LogP contribution in [0, 0.1) is 19.8 Å². The second-order valence-corrected chi connectivity index (χ2v) is 2.64. The van der Waals surface area contributed by atoms with Crippen LogP contribution in [0.25, 0.3) is 10.9 Å². The van der Waals surface area contributed by atoms with Crippen LogP contribution in [0.4, 0.5) is 5.69 Å². The quantitative estimate of drug-likeness (QED) is 0.353. The van der Waals surface area contributed by atoms with Gasteiger partial charge in [-0.25, -0.2) is 6.08 Å². The average Bonchev–Trinajstić information content (AvgIpc) is 2.16. The smallest absolute Gasteiger partial charge is 0.596 e. The Kier molecular flexibility index (Phi) is 5.80. The van der Waals surface area contributed by atoms with Crippen molar-refractivity contribution in [3.05, 3.63) is 47.0 Å². The Balaban J connectivity index is 0.00000169. The largest absolute Gasteiger partial charge is 1.00 e. The SMILES string of the molecule is [C-]#[N+]c1cc(C)ccc1C=[C-]OC.[Li+]. The van der Waals surface area contributed by atoms with E-state index in [4.69, 9.17) is 6.57 Å². The molecule has 0 amide bonds. The summed E-state index contributed by atoms with van der Waals surface area (Å²) in [4.78, 5) is 3.41. The molecule has 14 heavy (non-hydrogen) atoms. The number of rotatable bonds is 2. The molecule has 0 heterocycles. The van der Waals surface area contributed by atoms with Crippen LogP contribution in [0.15, 0.2) is 18.2 Å². The minimum atomic E-state index is 0. The van der Waals surface area contributed by atoms with Gasteiger partial charge in [0.05, 0.1) is 13.7 Å². The van der Waals surface area contributed by atoms with Gasteiger partial charge in [-0.05, 0) is 6.92 Å². The summed E-state index contributed by atoms with van der Waals surface area (Å²) in [6, 6.07) is 5.68. The van der Waals surface area contributed by atoms with Crippen molar-refractivity contribution in [2.45, 2.75) is 6.92 Å². The fraction of sp³-hybridized carbons (Fsp3) is 0.182. The van der Waals surface area contributed by atoms with Crippen molar-refractivity contribution in [1.29, 1.82) is 0 Å². The second-order valence-electron chi connectivity index (χ2n) is 2.64. The van der Waals surface area contributed by atoms with Crippen LogP contribution in [0.2, 0.25) is 0 Å². The number of aryl methyl sites for hydroxylation is 1. The zero-order valence-corrected chi connectivity index (χ0v) is 8.66. The van der Waals surface area contributed by atoms with Crippen LogP contribution in [-0.2, 0) is 4.74 Å². The van der Waals surface area contributed by atoms with E-state index in [1.54, 1.807) is 6.08 Å². The number of ether oxygens (including phenoxy) is 1. The molecule has 0 aliphatic heterocycles. The summed E-state index contributed by atoms with van der Waals surface area (Å²) < 4.78 is 4.67. The van der Waals surface area contributed by atoms with Crippen molar-refractivity contribution in [2.24, 2.45) is 0 Å². The van der Waals surface area contributed by atoms with E-state index in [1.165, 1.54) is 7.11 Å². The first-order chi connectivity index (χ1) is 6.27. The van der Waals surface area contributed by atoms with Gasteiger partial charge in [-0.3, -0.25) is 4.85 Å². The number of hydrogen-bond donors (Lipinski definition) is 0. The van der Waals surface area contributed by atoms with E-state index < -0.39 is 0 Å². The van der Waals surface area contributed by atoms with Crippen LogP contribution in [0.1, 0.15) is 11.1 Å². The Labute approximate surface area is 96.6 Å². The summed E-state index contributed by atoms with van der Waals surface area (Å²) in [5, 5.41) is 0. The first-order valence-electron chi connectivity index (χ1n) is 3.87. The van der Waals surface area contributed by atoms with Crippen LogP contribution in [0.3, 0.4) is 0 Å². The number of hydrogen-bond acceptors (Lipinski definition) is 1. The third-order valence-electron chi connectivity index (χ3n) is 1.64. The fourth-order valence-corrected chi connectivity index (χ4v) is 0.995. The normalized spacial score (nSPS) is 9.21. The average molecular weight is 179 g/mol. The Hall–Kier alpha value is -1.15. The predicted octanol–water partition coefficient (Wildman–Crippen LogP) is -0.0299. The van der Waals surface area contributed by atoms with Crippen LogP contribution < -0.4 is 18.9 Å². The third kappa shape index (κ3) is 3.30. The summed E-state index contributed by atoms with van der Waals surface area (Å²) in [5.74, 6) is 0. The van der Waals surface area contributed by atoms with Crippen LogP contribution >= 0.6 is 0 Å². The first-order valence-corrected chi connectivity index (χ1v) is 3.87. The molecular weight excluding hydrogens is 169 g/mol. The second kappa shape index (κ2) is 6.32. The van der Waals surface area contributed by atoms with Crippen molar-refractivity contribution >= 4 is 11.8 Å². The summed E-state index contributed by atoms with van der Waals surface area (Å²) in [6.07, 6.45) is 4.25. The molecule has 3 heteroatoms. The molecule has 1 aromatic rings. The molecule has 0 aliphatic rings. The molecule has 0 atom stereocenters. The number of benzene rings is 1. The van der Waals surface area contributed by atoms with E-state index >= 15 is 0 Å². The van der Waals surface area contributed by atoms with E-state index in [-0.39, 0.29) is 18.9 Å². The topological polar surface area (TPSA) is 13.6 Å². The summed E-state index contributed by atoms with van der Waals surface area (Å²) in [5.41, 5.74) is 2.55. The Morgan fingerprint density at radius 1 is 1.50 bits per heavy atom. The molecular formula is C11H10LiNO. The molecule has 2 nitrogen and oxygen atoms in total. The van der Waals surface area contributed by atoms with Gasteiger partial charge in [-0.1, -0.05) is 24.0 Å². The Morgan fingerprint density at radius 2 is 2.21 bits per heavy atom. The fourth-order valence-electron chi connectivity index (χ4n) is 0.995. The van der Waals surface area contributed by atoms with Gasteiger partial charge in [0, 0.05) is 0 Å². The van der Waals surface area contributed by atoms with Crippen molar-refractivity contribution in [2.75, 3.05) is 7.11 Å². The van der Waals surface area contributed by atoms with Crippen LogP contribution in [0.5, 0.6) is 0 Å². The first kappa shape index (κ1) is 12.8. The standard InChI is InChI=1S/C11H10NO.Li/c1-9-4-5-10(6-7-13-3)11(8-9)12-2;/h4-6,8H,1,3H3;/q-1;+1. The maximum Gasteiger partial charge on any atom is 1.00 e. The van der Waals surface area contributed by atoms with Gasteiger partial charge in [0.2, 0.25) is 0 Å². The molecule has 0 N–H and O–H groups in total. The van der Waals surface area contributed by atoms with Crippen molar-refractivity contribution in [1.82, 2.24) is 0 Å². The molecule has 0 saturated heterocycles. The molecule has 0 saturated carbocycles. The molecule has 0 spiro atoms. The van der Waals surface area contributed by atoms with Gasteiger partial charge in [-0.15, -0.1) is 6.07 Å². The summed E-state index contributed by atoms with van der Waals surface area (Å²) in [7, 11) is 1.53. The van der Waals surface area contributed by atoms with E-state index in [0.717, 1.165) is 11.1 Å². The van der Waals surface area contributed by atoms with Crippen molar-refractivity contribution in [3.8, 4) is 0 Å². The number of nitrogens with zero attached hydrogens (tertiary/aromatic N) is 1. The van der Waals surface area contributed by atoms with Gasteiger partial charge in [0.1, 0.15) is 5.69 Å². The Morgan fingerprint density at radius 3 is 2.79 bits per heavy atom. The predicted molar refractivity (Wildman–Crippen MR) is 52.2 cm³/mol. The van der Waals surface area contributed by atoms with Gasteiger partial charge >= 0.3 is 18.9 Å². The molecule has 0 aromatic heterocycles. The molecule has 0 aliphatic carbocycles. The Bertz CT molecular complexity index is 366. The summed E-state index contributed by atoms with van der Waals surface area (Å²) in [6.45, 7) is 8.91. The number of methoxy groups -OCH3 is 1. The van der Waals surface area contributed by atoms with Gasteiger partial charge in [0.15, 0.2) is 0 Å². The molecule has 1 aromatic carbocycles. The van der Waals surface area contributed by atoms with Gasteiger partial charge in [0.25, 0.3) is 0 Å². The zero-order chi connectivity index (χ0) is 9.68. The van der Waals surface area contributed by atoms with E-state index in [2.05, 4.69) is 15.8 Å². The third-order valence-corrected chi connectivity index (χ3v) is 1.64. The van der Waals surface area contributed by atoms with Gasteiger partial charge in [-0.2, -0.15) is 5.56 Å².